The summed E-state index contributed by atoms with van der Waals surface area (Å²) in [4.78, 5) is 11.0. The standard InChI is InChI=1S/C13H15BrClNO4S/c1-7(8-2-3-8)6-16-21(19,20)9-4-10(13(17)18)12(15)11(14)5-9/h4-5,7-8,16H,2-3,6H2,1H3,(H,17,18). The van der Waals surface area contributed by atoms with Crippen molar-refractivity contribution in [3.8, 4) is 0 Å². The second-order valence-corrected chi connectivity index (χ2v) is 8.24. The maximum Gasteiger partial charge on any atom is 0.337 e. The zero-order valence-electron chi connectivity index (χ0n) is 11.3. The van der Waals surface area contributed by atoms with Crippen LogP contribution in [0.1, 0.15) is 30.1 Å². The summed E-state index contributed by atoms with van der Waals surface area (Å²) in [5.74, 6) is -0.419. The maximum absolute atomic E-state index is 12.3. The van der Waals surface area contributed by atoms with Crippen LogP contribution in [-0.4, -0.2) is 26.0 Å². The average Bonchev–Trinajstić information content (AvgIpc) is 3.23. The Balaban J connectivity index is 2.24. The Labute approximate surface area is 136 Å². The first-order valence-electron chi connectivity index (χ1n) is 6.44. The van der Waals surface area contributed by atoms with Gasteiger partial charge in [-0.1, -0.05) is 18.5 Å². The van der Waals surface area contributed by atoms with Crippen molar-refractivity contribution in [1.82, 2.24) is 4.72 Å². The molecule has 0 aliphatic heterocycles. The van der Waals surface area contributed by atoms with E-state index in [4.69, 9.17) is 16.7 Å². The van der Waals surface area contributed by atoms with Crippen molar-refractivity contribution in [3.05, 3.63) is 27.2 Å². The molecule has 0 radical (unpaired) electrons. The predicted molar refractivity (Wildman–Crippen MR) is 83.2 cm³/mol. The molecule has 0 amide bonds. The van der Waals surface area contributed by atoms with Gasteiger partial charge in [0.15, 0.2) is 0 Å². The number of carbonyl (C=O) groups is 1. The minimum absolute atomic E-state index is 0.0206. The van der Waals surface area contributed by atoms with E-state index in [9.17, 15) is 13.2 Å². The number of carboxylic acids is 1. The van der Waals surface area contributed by atoms with Crippen LogP contribution in [0.3, 0.4) is 0 Å². The Morgan fingerprint density at radius 2 is 2.14 bits per heavy atom. The van der Waals surface area contributed by atoms with Gasteiger partial charge in [0.2, 0.25) is 10.0 Å². The minimum atomic E-state index is -3.76. The highest BCUT2D eigenvalue weighted by Gasteiger charge is 2.29. The van der Waals surface area contributed by atoms with Crippen molar-refractivity contribution in [2.24, 2.45) is 11.8 Å². The Kier molecular flexibility index (Phi) is 4.97. The summed E-state index contributed by atoms with van der Waals surface area (Å²) in [6.45, 7) is 2.34. The molecule has 1 unspecified atom stereocenters. The Bertz CT molecular complexity index is 673. The van der Waals surface area contributed by atoms with E-state index in [1.165, 1.54) is 6.07 Å². The molecule has 1 aromatic carbocycles. The SMILES string of the molecule is CC(CNS(=O)(=O)c1cc(Br)c(Cl)c(C(=O)O)c1)C1CC1. The van der Waals surface area contributed by atoms with Crippen LogP contribution in [-0.2, 0) is 10.0 Å². The number of sulfonamides is 1. The zero-order valence-corrected chi connectivity index (χ0v) is 14.4. The Morgan fingerprint density at radius 1 is 1.52 bits per heavy atom. The van der Waals surface area contributed by atoms with Crippen LogP contribution in [0.15, 0.2) is 21.5 Å². The van der Waals surface area contributed by atoms with Gasteiger partial charge in [-0.15, -0.1) is 0 Å². The normalized spacial score (nSPS) is 16.7. The number of rotatable bonds is 6. The third kappa shape index (κ3) is 3.97. The molecular formula is C13H15BrClNO4S. The minimum Gasteiger partial charge on any atom is -0.478 e. The Morgan fingerprint density at radius 3 is 2.67 bits per heavy atom. The zero-order chi connectivity index (χ0) is 15.8. The van der Waals surface area contributed by atoms with Crippen molar-refractivity contribution in [2.45, 2.75) is 24.7 Å². The fraction of sp³-hybridized carbons (Fsp3) is 0.462. The van der Waals surface area contributed by atoms with E-state index in [1.54, 1.807) is 0 Å². The van der Waals surface area contributed by atoms with Gasteiger partial charge < -0.3 is 5.11 Å². The van der Waals surface area contributed by atoms with E-state index >= 15 is 0 Å². The van der Waals surface area contributed by atoms with Gasteiger partial charge in [0.25, 0.3) is 0 Å². The number of nitrogens with one attached hydrogen (secondary N) is 1. The lowest BCUT2D eigenvalue weighted by atomic mass is 10.1. The molecule has 0 saturated heterocycles. The molecule has 0 aromatic heterocycles. The number of halogens is 2. The summed E-state index contributed by atoms with van der Waals surface area (Å²) in [7, 11) is -3.76. The highest BCUT2D eigenvalue weighted by atomic mass is 79.9. The lowest BCUT2D eigenvalue weighted by molar-refractivity contribution is 0.0696. The lowest BCUT2D eigenvalue weighted by Gasteiger charge is -2.13. The van der Waals surface area contributed by atoms with Gasteiger partial charge in [0.1, 0.15) is 0 Å². The molecule has 1 aromatic rings. The fourth-order valence-corrected chi connectivity index (χ4v) is 4.03. The summed E-state index contributed by atoms with van der Waals surface area (Å²) in [5, 5.41) is 9.04. The molecule has 0 heterocycles. The van der Waals surface area contributed by atoms with Gasteiger partial charge in [0, 0.05) is 11.0 Å². The number of hydrogen-bond acceptors (Lipinski definition) is 3. The molecule has 0 bridgehead atoms. The van der Waals surface area contributed by atoms with Gasteiger partial charge in [-0.05, 0) is 52.7 Å². The largest absolute Gasteiger partial charge is 0.478 e. The molecule has 5 nitrogen and oxygen atoms in total. The molecule has 1 aliphatic rings. The second kappa shape index (κ2) is 6.24. The van der Waals surface area contributed by atoms with Crippen molar-refractivity contribution in [1.29, 1.82) is 0 Å². The first-order chi connectivity index (χ1) is 9.72. The monoisotopic (exact) mass is 395 g/mol. The van der Waals surface area contributed by atoms with Gasteiger partial charge in [-0.3, -0.25) is 0 Å². The summed E-state index contributed by atoms with van der Waals surface area (Å²) in [5.41, 5.74) is -0.248. The fourth-order valence-electron chi connectivity index (χ4n) is 2.03. The number of carboxylic acid groups (broad SMARTS) is 1. The quantitative estimate of drug-likeness (QED) is 0.774. The summed E-state index contributed by atoms with van der Waals surface area (Å²) < 4.78 is 27.3. The van der Waals surface area contributed by atoms with Crippen molar-refractivity contribution >= 4 is 43.5 Å². The molecule has 116 valence electrons. The van der Waals surface area contributed by atoms with Gasteiger partial charge in [-0.2, -0.15) is 0 Å². The molecule has 0 spiro atoms. The van der Waals surface area contributed by atoms with Crippen LogP contribution >= 0.6 is 27.5 Å². The molecule has 1 aliphatic carbocycles. The van der Waals surface area contributed by atoms with Crippen LogP contribution in [0.5, 0.6) is 0 Å². The number of benzene rings is 1. The number of hydrogen-bond donors (Lipinski definition) is 2. The molecule has 1 saturated carbocycles. The average molecular weight is 397 g/mol. The molecule has 1 atom stereocenters. The van der Waals surface area contributed by atoms with Crippen molar-refractivity contribution in [2.75, 3.05) is 6.54 Å². The molecule has 1 fully saturated rings. The number of aromatic carboxylic acids is 1. The molecule has 2 N–H and O–H groups in total. The summed E-state index contributed by atoms with van der Waals surface area (Å²) in [6.07, 6.45) is 2.27. The molecule has 8 heteroatoms. The molecule has 2 rings (SSSR count). The Hall–Kier alpha value is -0.630. The van der Waals surface area contributed by atoms with Crippen LogP contribution in [0.2, 0.25) is 5.02 Å². The first-order valence-corrected chi connectivity index (χ1v) is 9.10. The molecule has 21 heavy (non-hydrogen) atoms. The van der Waals surface area contributed by atoms with Crippen LogP contribution in [0.4, 0.5) is 0 Å². The van der Waals surface area contributed by atoms with Crippen molar-refractivity contribution < 1.29 is 18.3 Å². The van der Waals surface area contributed by atoms with Gasteiger partial charge in [-0.25, -0.2) is 17.9 Å². The highest BCUT2D eigenvalue weighted by Crippen LogP contribution is 2.36. The smallest absolute Gasteiger partial charge is 0.337 e. The van der Waals surface area contributed by atoms with E-state index in [2.05, 4.69) is 20.7 Å². The van der Waals surface area contributed by atoms with Crippen LogP contribution < -0.4 is 4.72 Å². The maximum atomic E-state index is 12.3. The highest BCUT2D eigenvalue weighted by molar-refractivity contribution is 9.10. The molecular weight excluding hydrogens is 382 g/mol. The lowest BCUT2D eigenvalue weighted by Crippen LogP contribution is -2.29. The first kappa shape index (κ1) is 16.7. The van der Waals surface area contributed by atoms with E-state index in [0.717, 1.165) is 18.9 Å². The second-order valence-electron chi connectivity index (χ2n) is 5.24. The predicted octanol–water partition coefficient (Wildman–Crippen LogP) is 3.13. The summed E-state index contributed by atoms with van der Waals surface area (Å²) >= 11 is 8.93. The van der Waals surface area contributed by atoms with E-state index in [0.29, 0.717) is 12.5 Å². The summed E-state index contributed by atoms with van der Waals surface area (Å²) in [6, 6.07) is 2.37. The van der Waals surface area contributed by atoms with E-state index < -0.39 is 16.0 Å². The third-order valence-corrected chi connectivity index (χ3v) is 6.23. The van der Waals surface area contributed by atoms with E-state index in [1.807, 2.05) is 6.92 Å². The topological polar surface area (TPSA) is 83.5 Å². The van der Waals surface area contributed by atoms with Crippen LogP contribution in [0, 0.1) is 11.8 Å². The van der Waals surface area contributed by atoms with Crippen LogP contribution in [0.25, 0.3) is 0 Å². The van der Waals surface area contributed by atoms with Gasteiger partial charge in [0.05, 0.1) is 15.5 Å². The van der Waals surface area contributed by atoms with Crippen molar-refractivity contribution in [3.63, 3.8) is 0 Å². The van der Waals surface area contributed by atoms with E-state index in [-0.39, 0.29) is 25.9 Å². The third-order valence-electron chi connectivity index (χ3n) is 3.56. The van der Waals surface area contributed by atoms with Gasteiger partial charge >= 0.3 is 5.97 Å².